The summed E-state index contributed by atoms with van der Waals surface area (Å²) < 4.78 is 5.72. The number of alkyl halides is 1. The van der Waals surface area contributed by atoms with Crippen LogP contribution < -0.4 is 4.74 Å². The first-order chi connectivity index (χ1) is 9.15. The van der Waals surface area contributed by atoms with Gasteiger partial charge in [-0.05, 0) is 43.7 Å². The largest absolute Gasteiger partial charge is 0.491 e. The van der Waals surface area contributed by atoms with Crippen molar-refractivity contribution in [1.82, 2.24) is 4.98 Å². The first-order valence-corrected chi connectivity index (χ1v) is 7.37. The van der Waals surface area contributed by atoms with Crippen molar-refractivity contribution in [2.75, 3.05) is 0 Å². The molecule has 0 N–H and O–H groups in total. The molecule has 1 atom stereocenters. The Kier molecular flexibility index (Phi) is 4.97. The number of rotatable bonds is 5. The van der Waals surface area contributed by atoms with Gasteiger partial charge in [0.2, 0.25) is 0 Å². The van der Waals surface area contributed by atoms with Crippen molar-refractivity contribution in [2.45, 2.75) is 31.2 Å². The van der Waals surface area contributed by atoms with E-state index in [1.807, 2.05) is 50.4 Å². The highest BCUT2D eigenvalue weighted by Crippen LogP contribution is 2.29. The summed E-state index contributed by atoms with van der Waals surface area (Å²) in [6, 6.07) is 14.2. The molecule has 0 saturated heterocycles. The molecule has 2 aromatic rings. The van der Waals surface area contributed by atoms with Crippen molar-refractivity contribution in [2.24, 2.45) is 0 Å². The summed E-state index contributed by atoms with van der Waals surface area (Å²) in [7, 11) is 0. The van der Waals surface area contributed by atoms with Gasteiger partial charge in [0.15, 0.2) is 0 Å². The van der Waals surface area contributed by atoms with E-state index in [9.17, 15) is 0 Å². The van der Waals surface area contributed by atoms with Crippen molar-refractivity contribution in [1.29, 1.82) is 0 Å². The molecule has 1 aromatic heterocycles. The Morgan fingerprint density at radius 1 is 1.16 bits per heavy atom. The number of nitrogens with zero attached hydrogens (tertiary/aromatic N) is 1. The minimum Gasteiger partial charge on any atom is -0.491 e. The van der Waals surface area contributed by atoms with Crippen LogP contribution in [0.4, 0.5) is 0 Å². The van der Waals surface area contributed by atoms with E-state index >= 15 is 0 Å². The lowest BCUT2D eigenvalue weighted by molar-refractivity contribution is 0.242. The van der Waals surface area contributed by atoms with Crippen LogP contribution in [0.1, 0.15) is 29.9 Å². The summed E-state index contributed by atoms with van der Waals surface area (Å²) in [4.78, 5) is 4.60. The first kappa shape index (κ1) is 14.1. The zero-order valence-corrected chi connectivity index (χ0v) is 12.8. The van der Waals surface area contributed by atoms with E-state index in [4.69, 9.17) is 4.74 Å². The van der Waals surface area contributed by atoms with E-state index in [0.29, 0.717) is 0 Å². The second kappa shape index (κ2) is 6.71. The van der Waals surface area contributed by atoms with Crippen LogP contribution in [0.2, 0.25) is 0 Å². The van der Waals surface area contributed by atoms with Crippen LogP contribution >= 0.6 is 15.9 Å². The fraction of sp³-hybridized carbons (Fsp3) is 0.312. The van der Waals surface area contributed by atoms with E-state index in [1.165, 1.54) is 5.56 Å². The molecule has 0 aliphatic heterocycles. The zero-order valence-electron chi connectivity index (χ0n) is 11.2. The average Bonchev–Trinajstić information content (AvgIpc) is 2.39. The molecule has 0 bridgehead atoms. The molecular weight excluding hydrogens is 302 g/mol. The summed E-state index contributed by atoms with van der Waals surface area (Å²) in [6.07, 6.45) is 2.89. The third-order valence-corrected chi connectivity index (χ3v) is 3.56. The summed E-state index contributed by atoms with van der Waals surface area (Å²) in [5.41, 5.74) is 2.29. The molecule has 0 spiro atoms. The van der Waals surface area contributed by atoms with E-state index in [1.54, 1.807) is 0 Å². The van der Waals surface area contributed by atoms with Gasteiger partial charge in [-0.15, -0.1) is 0 Å². The normalized spacial score (nSPS) is 12.4. The molecule has 100 valence electrons. The number of aromatic nitrogens is 1. The van der Waals surface area contributed by atoms with Crippen LogP contribution in [-0.2, 0) is 6.42 Å². The third kappa shape index (κ3) is 4.35. The van der Waals surface area contributed by atoms with Crippen molar-refractivity contribution >= 4 is 15.9 Å². The predicted octanol–water partition coefficient (Wildman–Crippen LogP) is 4.55. The van der Waals surface area contributed by atoms with Crippen LogP contribution in [0.15, 0.2) is 48.7 Å². The SMILES string of the molecule is CC(C)Oc1cccc(C(Br)Cc2ccccn2)c1. The second-order valence-corrected chi connectivity index (χ2v) is 5.84. The molecule has 1 aromatic carbocycles. The maximum atomic E-state index is 5.72. The molecule has 0 saturated carbocycles. The molecule has 1 unspecified atom stereocenters. The van der Waals surface area contributed by atoms with E-state index in [0.717, 1.165) is 17.9 Å². The van der Waals surface area contributed by atoms with Crippen LogP contribution in [-0.4, -0.2) is 11.1 Å². The van der Waals surface area contributed by atoms with Gasteiger partial charge in [0.1, 0.15) is 5.75 Å². The minimum absolute atomic E-state index is 0.194. The van der Waals surface area contributed by atoms with Crippen molar-refractivity contribution < 1.29 is 4.74 Å². The highest BCUT2D eigenvalue weighted by Gasteiger charge is 2.10. The van der Waals surface area contributed by atoms with Gasteiger partial charge in [0.25, 0.3) is 0 Å². The molecule has 0 fully saturated rings. The molecule has 0 aliphatic carbocycles. The quantitative estimate of drug-likeness (QED) is 0.754. The number of benzene rings is 1. The Hall–Kier alpha value is -1.35. The number of ether oxygens (including phenoxy) is 1. The van der Waals surface area contributed by atoms with Crippen molar-refractivity contribution in [3.8, 4) is 5.75 Å². The molecule has 0 radical (unpaired) electrons. The smallest absolute Gasteiger partial charge is 0.119 e. The molecule has 0 aliphatic rings. The lowest BCUT2D eigenvalue weighted by atomic mass is 10.1. The van der Waals surface area contributed by atoms with Crippen molar-refractivity contribution in [3.05, 3.63) is 59.9 Å². The van der Waals surface area contributed by atoms with Crippen LogP contribution in [0.3, 0.4) is 0 Å². The fourth-order valence-electron chi connectivity index (χ4n) is 1.88. The lowest BCUT2D eigenvalue weighted by Crippen LogP contribution is -2.06. The Morgan fingerprint density at radius 2 is 2.00 bits per heavy atom. The Labute approximate surface area is 123 Å². The molecular formula is C16H18BrNO. The number of pyridine rings is 1. The Balaban J connectivity index is 2.08. The minimum atomic E-state index is 0.194. The highest BCUT2D eigenvalue weighted by atomic mass is 79.9. The summed E-state index contributed by atoms with van der Waals surface area (Å²) in [6.45, 7) is 4.07. The number of halogens is 1. The van der Waals surface area contributed by atoms with Gasteiger partial charge < -0.3 is 4.74 Å². The first-order valence-electron chi connectivity index (χ1n) is 6.46. The summed E-state index contributed by atoms with van der Waals surface area (Å²) in [5.74, 6) is 0.915. The average molecular weight is 320 g/mol. The Morgan fingerprint density at radius 3 is 2.68 bits per heavy atom. The molecule has 1 heterocycles. The van der Waals surface area contributed by atoms with E-state index < -0.39 is 0 Å². The van der Waals surface area contributed by atoms with Crippen molar-refractivity contribution in [3.63, 3.8) is 0 Å². The molecule has 2 rings (SSSR count). The van der Waals surface area contributed by atoms with Gasteiger partial charge in [-0.1, -0.05) is 34.1 Å². The van der Waals surface area contributed by atoms with E-state index in [-0.39, 0.29) is 10.9 Å². The number of hydrogen-bond acceptors (Lipinski definition) is 2. The van der Waals surface area contributed by atoms with Gasteiger partial charge in [-0.25, -0.2) is 0 Å². The maximum absolute atomic E-state index is 5.72. The number of hydrogen-bond donors (Lipinski definition) is 0. The lowest BCUT2D eigenvalue weighted by Gasteiger charge is -2.14. The van der Waals surface area contributed by atoms with Crippen LogP contribution in [0, 0.1) is 0 Å². The monoisotopic (exact) mass is 319 g/mol. The third-order valence-electron chi connectivity index (χ3n) is 2.71. The van der Waals surface area contributed by atoms with Crippen LogP contribution in [0.5, 0.6) is 5.75 Å². The second-order valence-electron chi connectivity index (χ2n) is 4.73. The standard InChI is InChI=1S/C16H18BrNO/c1-12(2)19-15-8-5-6-13(10-15)16(17)11-14-7-3-4-9-18-14/h3-10,12,16H,11H2,1-2H3. The molecule has 0 amide bonds. The predicted molar refractivity (Wildman–Crippen MR) is 81.8 cm³/mol. The van der Waals surface area contributed by atoms with E-state index in [2.05, 4.69) is 33.0 Å². The Bertz CT molecular complexity index is 513. The van der Waals surface area contributed by atoms with Gasteiger partial charge in [0.05, 0.1) is 6.10 Å². The zero-order chi connectivity index (χ0) is 13.7. The van der Waals surface area contributed by atoms with Gasteiger partial charge in [-0.3, -0.25) is 4.98 Å². The van der Waals surface area contributed by atoms with Crippen LogP contribution in [0.25, 0.3) is 0 Å². The summed E-state index contributed by atoms with van der Waals surface area (Å²) in [5, 5.41) is 0. The van der Waals surface area contributed by atoms with Gasteiger partial charge in [-0.2, -0.15) is 0 Å². The fourth-order valence-corrected chi connectivity index (χ4v) is 2.49. The molecule has 2 nitrogen and oxygen atoms in total. The molecule has 19 heavy (non-hydrogen) atoms. The molecule has 3 heteroatoms. The topological polar surface area (TPSA) is 22.1 Å². The summed E-state index contributed by atoms with van der Waals surface area (Å²) >= 11 is 3.73. The van der Waals surface area contributed by atoms with Gasteiger partial charge >= 0.3 is 0 Å². The van der Waals surface area contributed by atoms with Gasteiger partial charge in [0, 0.05) is 23.1 Å². The maximum Gasteiger partial charge on any atom is 0.119 e. The highest BCUT2D eigenvalue weighted by molar-refractivity contribution is 9.09.